The van der Waals surface area contributed by atoms with Gasteiger partial charge in [-0.15, -0.1) is 0 Å². The van der Waals surface area contributed by atoms with Crippen LogP contribution >= 0.6 is 30.3 Å². The molecule has 0 atom stereocenters. The van der Waals surface area contributed by atoms with Gasteiger partial charge in [0.05, 0.1) is 0 Å². The molecule has 0 aliphatic rings. The van der Waals surface area contributed by atoms with Gasteiger partial charge in [0, 0.05) is 0 Å². The Labute approximate surface area is 166 Å². The third kappa shape index (κ3) is 4.11. The first-order valence-electron chi connectivity index (χ1n) is 8.02. The molecule has 0 amide bonds. The van der Waals surface area contributed by atoms with Gasteiger partial charge in [0.25, 0.3) is 0 Å². The Balaban J connectivity index is 2.25. The van der Waals surface area contributed by atoms with E-state index in [-0.39, 0.29) is 0 Å². The van der Waals surface area contributed by atoms with Gasteiger partial charge in [0.1, 0.15) is 0 Å². The number of halogens is 2. The van der Waals surface area contributed by atoms with Gasteiger partial charge in [-0.3, -0.25) is 0 Å². The molecule has 2 rings (SSSR count). The van der Waals surface area contributed by atoms with Gasteiger partial charge < -0.3 is 0 Å². The number of aliphatic carboxylic acids is 2. The molecule has 0 fully saturated rings. The van der Waals surface area contributed by atoms with Crippen LogP contribution in [0.3, 0.4) is 0 Å². The predicted molar refractivity (Wildman–Crippen MR) is 115 cm³/mol. The fourth-order valence-electron chi connectivity index (χ4n) is 2.33. The summed E-state index contributed by atoms with van der Waals surface area (Å²) in [5, 5.41) is 18.7. The van der Waals surface area contributed by atoms with E-state index in [4.69, 9.17) is 0 Å². The summed E-state index contributed by atoms with van der Waals surface area (Å²) in [6, 6.07) is 15.4. The fraction of sp³-hybridized carbons (Fsp3) is 0.300. The normalized spacial score (nSPS) is 12.6. The summed E-state index contributed by atoms with van der Waals surface area (Å²) in [5.74, 6) is -1.70. The number of carboxylic acid groups (broad SMARTS) is 2. The molecule has 6 heteroatoms. The molecule has 140 valence electrons. The first-order chi connectivity index (χ1) is 12.0. The van der Waals surface area contributed by atoms with Crippen molar-refractivity contribution in [3.05, 3.63) is 66.8 Å². The van der Waals surface area contributed by atoms with Crippen LogP contribution in [0.1, 0.15) is 38.8 Å². The predicted octanol–water partition coefficient (Wildman–Crippen LogP) is 5.27. The third-order valence-electron chi connectivity index (χ3n) is 4.58. The van der Waals surface area contributed by atoms with Crippen molar-refractivity contribution in [1.29, 1.82) is 0 Å². The summed E-state index contributed by atoms with van der Waals surface area (Å²) in [5.41, 5.74) is -0.310. The standard InChI is InChI=1S/C20H22BrIO4/c1-19(2,17(23)24)13-5-9-15(10-6-13)22(21)16-11-7-14(8-12-16)20(3,4)18(25)26/h5-12H,1-4H3,(H,23,24)(H,25,26). The minimum absolute atomic E-state index is 0.768. The Hall–Kier alpha value is -1.41. The van der Waals surface area contributed by atoms with Crippen molar-refractivity contribution in [2.24, 2.45) is 0 Å². The number of carbonyl (C=O) groups is 2. The Morgan fingerprint density at radius 1 is 0.731 bits per heavy atom. The van der Waals surface area contributed by atoms with Crippen molar-refractivity contribution in [2.75, 3.05) is 0 Å². The van der Waals surface area contributed by atoms with E-state index in [0.29, 0.717) is 0 Å². The van der Waals surface area contributed by atoms with Gasteiger partial charge >= 0.3 is 167 Å². The SMILES string of the molecule is CC(C)(C(=O)O)c1ccc(I(Br)c2ccc(C(C)(C)C(=O)O)cc2)cc1. The van der Waals surface area contributed by atoms with Crippen molar-refractivity contribution < 1.29 is 19.8 Å². The molecule has 0 heterocycles. The van der Waals surface area contributed by atoms with E-state index < -0.39 is 40.4 Å². The van der Waals surface area contributed by atoms with Crippen molar-refractivity contribution >= 4 is 42.2 Å². The molecule has 2 N–H and O–H groups in total. The molecule has 26 heavy (non-hydrogen) atoms. The van der Waals surface area contributed by atoms with Crippen molar-refractivity contribution in [2.45, 2.75) is 38.5 Å². The monoisotopic (exact) mass is 532 g/mol. The summed E-state index contributed by atoms with van der Waals surface area (Å²) < 4.78 is 2.31. The second-order valence-electron chi connectivity index (χ2n) is 7.11. The summed E-state index contributed by atoms with van der Waals surface area (Å²) in [6.07, 6.45) is 0. The Kier molecular flexibility index (Phi) is 6.17. The maximum atomic E-state index is 11.4. The van der Waals surface area contributed by atoms with Crippen molar-refractivity contribution in [1.82, 2.24) is 0 Å². The van der Waals surface area contributed by atoms with E-state index >= 15 is 0 Å². The van der Waals surface area contributed by atoms with E-state index in [0.717, 1.165) is 18.3 Å². The molecule has 0 saturated heterocycles. The summed E-state index contributed by atoms with van der Waals surface area (Å²) in [7, 11) is 0. The maximum absolute atomic E-state index is 11.4. The Morgan fingerprint density at radius 2 is 1.00 bits per heavy atom. The molecule has 0 bridgehead atoms. The summed E-state index contributed by atoms with van der Waals surface area (Å²) in [4.78, 5) is 22.8. The second-order valence-corrected chi connectivity index (χ2v) is 15.0. The molecule has 0 aliphatic carbocycles. The molecule has 0 aliphatic heterocycles. The van der Waals surface area contributed by atoms with Crippen LogP contribution in [0.15, 0.2) is 48.5 Å². The van der Waals surface area contributed by atoms with Crippen LogP contribution in [0, 0.1) is 7.14 Å². The zero-order chi connectivity index (χ0) is 19.7. The van der Waals surface area contributed by atoms with E-state index in [9.17, 15) is 19.8 Å². The number of hydrogen-bond acceptors (Lipinski definition) is 2. The Morgan fingerprint density at radius 3 is 1.23 bits per heavy atom. The van der Waals surface area contributed by atoms with Gasteiger partial charge in [-0.1, -0.05) is 0 Å². The Bertz CT molecular complexity index is 741. The molecule has 0 radical (unpaired) electrons. The van der Waals surface area contributed by atoms with Gasteiger partial charge in [-0.2, -0.15) is 0 Å². The van der Waals surface area contributed by atoms with Gasteiger partial charge in [-0.05, 0) is 0 Å². The van der Waals surface area contributed by atoms with Crippen LogP contribution in [-0.4, -0.2) is 22.2 Å². The number of carboxylic acids is 2. The zero-order valence-corrected chi connectivity index (χ0v) is 18.8. The molecule has 0 spiro atoms. The molecule has 4 nitrogen and oxygen atoms in total. The average Bonchev–Trinajstić information content (AvgIpc) is 2.61. The topological polar surface area (TPSA) is 74.6 Å². The molecule has 0 aromatic heterocycles. The zero-order valence-electron chi connectivity index (χ0n) is 15.1. The van der Waals surface area contributed by atoms with E-state index in [1.807, 2.05) is 48.5 Å². The first-order valence-corrected chi connectivity index (χ1v) is 15.0. The third-order valence-corrected chi connectivity index (χ3v) is 12.9. The number of benzene rings is 2. The number of hydrogen-bond donors (Lipinski definition) is 2. The van der Waals surface area contributed by atoms with Crippen molar-refractivity contribution in [3.63, 3.8) is 0 Å². The summed E-state index contributed by atoms with van der Waals surface area (Å²) >= 11 is 2.03. The van der Waals surface area contributed by atoms with E-state index in [2.05, 4.69) is 12.7 Å². The molecule has 0 unspecified atom stereocenters. The first kappa shape index (κ1) is 20.9. The van der Waals surface area contributed by atoms with E-state index in [1.165, 1.54) is 0 Å². The minimum atomic E-state index is -1.80. The molecule has 2 aromatic rings. The van der Waals surface area contributed by atoms with Crippen LogP contribution in [0.4, 0.5) is 0 Å². The second kappa shape index (κ2) is 7.68. The molecule has 0 saturated carbocycles. The van der Waals surface area contributed by atoms with E-state index in [1.54, 1.807) is 27.7 Å². The van der Waals surface area contributed by atoms with Gasteiger partial charge in [0.15, 0.2) is 0 Å². The van der Waals surface area contributed by atoms with Crippen LogP contribution in [0.5, 0.6) is 0 Å². The molecular weight excluding hydrogens is 511 g/mol. The van der Waals surface area contributed by atoms with Crippen molar-refractivity contribution in [3.8, 4) is 0 Å². The van der Waals surface area contributed by atoms with Crippen LogP contribution in [0.2, 0.25) is 0 Å². The fourth-order valence-corrected chi connectivity index (χ4v) is 7.71. The summed E-state index contributed by atoms with van der Waals surface area (Å²) in [6.45, 7) is 6.77. The van der Waals surface area contributed by atoms with Gasteiger partial charge in [0.2, 0.25) is 0 Å². The van der Waals surface area contributed by atoms with Crippen LogP contribution in [-0.2, 0) is 20.4 Å². The quantitative estimate of drug-likeness (QED) is 0.497. The van der Waals surface area contributed by atoms with Gasteiger partial charge in [-0.25, -0.2) is 0 Å². The van der Waals surface area contributed by atoms with Crippen LogP contribution < -0.4 is 0 Å². The van der Waals surface area contributed by atoms with Crippen LogP contribution in [0.25, 0.3) is 0 Å². The molecule has 2 aromatic carbocycles. The number of rotatable bonds is 6. The molecular formula is C20H22BrIO4. The average molecular weight is 533 g/mol.